The third kappa shape index (κ3) is 4.48. The van der Waals surface area contributed by atoms with Gasteiger partial charge in [0.25, 0.3) is 15.7 Å². The molecule has 0 saturated heterocycles. The molecule has 0 unspecified atom stereocenters. The molecule has 0 aliphatic rings. The molecule has 9 nitrogen and oxygen atoms in total. The number of nitro groups is 1. The van der Waals surface area contributed by atoms with Crippen molar-refractivity contribution in [2.45, 2.75) is 18.7 Å². The van der Waals surface area contributed by atoms with E-state index in [0.717, 1.165) is 23.8 Å². The molecular formula is C16H16N3O6S-. The van der Waals surface area contributed by atoms with Gasteiger partial charge in [-0.25, -0.2) is 8.42 Å². The lowest BCUT2D eigenvalue weighted by Gasteiger charge is -2.12. The Morgan fingerprint density at radius 3 is 2.35 bits per heavy atom. The Kier molecular flexibility index (Phi) is 5.46. The molecule has 0 aliphatic carbocycles. The van der Waals surface area contributed by atoms with E-state index in [-0.39, 0.29) is 10.6 Å². The Labute approximate surface area is 149 Å². The van der Waals surface area contributed by atoms with Gasteiger partial charge in [-0.05, 0) is 37.6 Å². The third-order valence-corrected chi connectivity index (χ3v) is 4.89. The first-order chi connectivity index (χ1) is 12.1. The van der Waals surface area contributed by atoms with Gasteiger partial charge in [0.05, 0.1) is 28.0 Å². The van der Waals surface area contributed by atoms with Crippen LogP contribution in [0, 0.1) is 24.0 Å². The first-order valence-corrected chi connectivity index (χ1v) is 8.90. The molecule has 0 aromatic heterocycles. The third-order valence-electron chi connectivity index (χ3n) is 3.53. The van der Waals surface area contributed by atoms with Crippen LogP contribution in [0.5, 0.6) is 0 Å². The number of rotatable bonds is 7. The highest BCUT2D eigenvalue weighted by Crippen LogP contribution is 2.29. The van der Waals surface area contributed by atoms with Gasteiger partial charge < -0.3 is 15.2 Å². The zero-order valence-corrected chi connectivity index (χ0v) is 14.8. The van der Waals surface area contributed by atoms with Crippen molar-refractivity contribution in [2.75, 3.05) is 16.6 Å². The Balaban J connectivity index is 2.38. The van der Waals surface area contributed by atoms with Crippen molar-refractivity contribution in [2.24, 2.45) is 0 Å². The van der Waals surface area contributed by atoms with Gasteiger partial charge in [-0.1, -0.05) is 17.7 Å². The summed E-state index contributed by atoms with van der Waals surface area (Å²) in [5.74, 6) is -1.45. The number of anilines is 2. The predicted octanol–water partition coefficient (Wildman–Crippen LogP) is 1.17. The SMILES string of the molecule is Cc1ccc(NS(=O)(=O)c2ccc(NCC(=O)[O-])c([N+](=O)[O-])c2)c(C)c1. The van der Waals surface area contributed by atoms with Crippen LogP contribution in [0.25, 0.3) is 0 Å². The minimum atomic E-state index is -4.06. The summed E-state index contributed by atoms with van der Waals surface area (Å²) < 4.78 is 27.5. The molecule has 0 fully saturated rings. The largest absolute Gasteiger partial charge is 0.548 e. The highest BCUT2D eigenvalue weighted by Gasteiger charge is 2.22. The number of aryl methyl sites for hydroxylation is 2. The molecule has 2 aromatic rings. The molecule has 26 heavy (non-hydrogen) atoms. The minimum Gasteiger partial charge on any atom is -0.548 e. The number of carbonyl (C=O) groups excluding carboxylic acids is 1. The van der Waals surface area contributed by atoms with Gasteiger partial charge in [0.15, 0.2) is 0 Å². The Hall–Kier alpha value is -3.14. The van der Waals surface area contributed by atoms with Crippen LogP contribution >= 0.6 is 0 Å². The average Bonchev–Trinajstić information content (AvgIpc) is 2.55. The molecule has 0 radical (unpaired) electrons. The number of aliphatic carboxylic acids is 1. The van der Waals surface area contributed by atoms with E-state index >= 15 is 0 Å². The summed E-state index contributed by atoms with van der Waals surface area (Å²) in [6, 6.07) is 8.29. The number of sulfonamides is 1. The molecule has 0 aliphatic heterocycles. The monoisotopic (exact) mass is 378 g/mol. The first-order valence-electron chi connectivity index (χ1n) is 7.42. The number of hydrogen-bond donors (Lipinski definition) is 2. The molecule has 138 valence electrons. The van der Waals surface area contributed by atoms with E-state index in [1.54, 1.807) is 25.1 Å². The molecule has 0 bridgehead atoms. The lowest BCUT2D eigenvalue weighted by Crippen LogP contribution is -2.30. The second-order valence-corrected chi connectivity index (χ2v) is 7.27. The highest BCUT2D eigenvalue weighted by molar-refractivity contribution is 7.92. The van der Waals surface area contributed by atoms with Crippen LogP contribution in [0.1, 0.15) is 11.1 Å². The molecule has 2 aromatic carbocycles. The quantitative estimate of drug-likeness (QED) is 0.544. The van der Waals surface area contributed by atoms with Crippen molar-refractivity contribution in [1.29, 1.82) is 0 Å². The van der Waals surface area contributed by atoms with Crippen molar-refractivity contribution in [1.82, 2.24) is 0 Å². The molecule has 0 amide bonds. The van der Waals surface area contributed by atoms with E-state index in [4.69, 9.17) is 0 Å². The van der Waals surface area contributed by atoms with Crippen molar-refractivity contribution in [3.05, 3.63) is 57.6 Å². The number of carboxylic acids is 1. The number of nitro benzene ring substituents is 1. The fourth-order valence-electron chi connectivity index (χ4n) is 2.28. The van der Waals surface area contributed by atoms with Crippen LogP contribution in [0.3, 0.4) is 0 Å². The molecule has 0 saturated carbocycles. The van der Waals surface area contributed by atoms with Gasteiger partial charge in [-0.15, -0.1) is 0 Å². The fourth-order valence-corrected chi connectivity index (χ4v) is 3.43. The van der Waals surface area contributed by atoms with E-state index in [0.29, 0.717) is 11.3 Å². The number of carbonyl (C=O) groups is 1. The second-order valence-electron chi connectivity index (χ2n) is 5.59. The zero-order chi connectivity index (χ0) is 19.5. The number of benzene rings is 2. The maximum Gasteiger partial charge on any atom is 0.293 e. The van der Waals surface area contributed by atoms with E-state index in [9.17, 15) is 28.4 Å². The van der Waals surface area contributed by atoms with Crippen LogP contribution in [0.15, 0.2) is 41.3 Å². The maximum absolute atomic E-state index is 12.5. The van der Waals surface area contributed by atoms with Gasteiger partial charge in [0.2, 0.25) is 0 Å². The number of hydrogen-bond acceptors (Lipinski definition) is 7. The number of nitrogens with zero attached hydrogens (tertiary/aromatic N) is 1. The van der Waals surface area contributed by atoms with Gasteiger partial charge >= 0.3 is 0 Å². The summed E-state index contributed by atoms with van der Waals surface area (Å²) in [6.07, 6.45) is 0. The molecule has 2 rings (SSSR count). The predicted molar refractivity (Wildman–Crippen MR) is 93.3 cm³/mol. The minimum absolute atomic E-state index is 0.121. The normalized spacial score (nSPS) is 11.0. The average molecular weight is 378 g/mol. The Morgan fingerprint density at radius 2 is 1.77 bits per heavy atom. The van der Waals surface area contributed by atoms with Crippen molar-refractivity contribution < 1.29 is 23.2 Å². The molecule has 10 heteroatoms. The van der Waals surface area contributed by atoms with Crippen LogP contribution in [0.2, 0.25) is 0 Å². The summed E-state index contributed by atoms with van der Waals surface area (Å²) in [6.45, 7) is 2.96. The smallest absolute Gasteiger partial charge is 0.293 e. The van der Waals surface area contributed by atoms with Crippen LogP contribution in [0.4, 0.5) is 17.1 Å². The summed E-state index contributed by atoms with van der Waals surface area (Å²) in [4.78, 5) is 20.6. The molecule has 0 atom stereocenters. The van der Waals surface area contributed by atoms with Gasteiger partial charge in [-0.3, -0.25) is 14.8 Å². The van der Waals surface area contributed by atoms with E-state index < -0.39 is 33.1 Å². The maximum atomic E-state index is 12.5. The second kappa shape index (κ2) is 7.40. The van der Waals surface area contributed by atoms with Gasteiger partial charge in [0.1, 0.15) is 5.69 Å². The van der Waals surface area contributed by atoms with E-state index in [2.05, 4.69) is 10.0 Å². The molecular weight excluding hydrogens is 362 g/mol. The van der Waals surface area contributed by atoms with Crippen LogP contribution in [-0.4, -0.2) is 25.9 Å². The Morgan fingerprint density at radius 1 is 1.12 bits per heavy atom. The molecule has 2 N–H and O–H groups in total. The topological polar surface area (TPSA) is 141 Å². The summed E-state index contributed by atoms with van der Waals surface area (Å²) in [5.41, 5.74) is 1.34. The van der Waals surface area contributed by atoms with Crippen LogP contribution in [-0.2, 0) is 14.8 Å². The molecule has 0 heterocycles. The van der Waals surface area contributed by atoms with Gasteiger partial charge in [0, 0.05) is 6.07 Å². The fraction of sp³-hybridized carbons (Fsp3) is 0.188. The van der Waals surface area contributed by atoms with Crippen molar-refractivity contribution in [3.63, 3.8) is 0 Å². The highest BCUT2D eigenvalue weighted by atomic mass is 32.2. The van der Waals surface area contributed by atoms with Crippen LogP contribution < -0.4 is 15.1 Å². The number of nitrogens with one attached hydrogen (secondary N) is 2. The lowest BCUT2D eigenvalue weighted by atomic mass is 10.1. The molecule has 0 spiro atoms. The van der Waals surface area contributed by atoms with Gasteiger partial charge in [-0.2, -0.15) is 0 Å². The van der Waals surface area contributed by atoms with Crippen molar-refractivity contribution in [3.8, 4) is 0 Å². The van der Waals surface area contributed by atoms with E-state index in [1.165, 1.54) is 0 Å². The summed E-state index contributed by atoms with van der Waals surface area (Å²) in [5, 5.41) is 24.0. The summed E-state index contributed by atoms with van der Waals surface area (Å²) in [7, 11) is -4.06. The number of carboxylic acid groups (broad SMARTS) is 1. The summed E-state index contributed by atoms with van der Waals surface area (Å²) >= 11 is 0. The Bertz CT molecular complexity index is 972. The van der Waals surface area contributed by atoms with Crippen molar-refractivity contribution >= 4 is 33.1 Å². The lowest BCUT2D eigenvalue weighted by molar-refractivity contribution is -0.384. The zero-order valence-electron chi connectivity index (χ0n) is 14.0. The first kappa shape index (κ1) is 19.2. The van der Waals surface area contributed by atoms with E-state index in [1.807, 2.05) is 6.92 Å². The standard InChI is InChI=1S/C16H17N3O6S/c1-10-3-5-13(11(2)7-10)18-26(24,25)12-4-6-14(17-9-16(20)21)15(8-12)19(22)23/h3-8,17-18H,9H2,1-2H3,(H,20,21)/p-1.